The van der Waals surface area contributed by atoms with Gasteiger partial charge in [-0.2, -0.15) is 0 Å². The van der Waals surface area contributed by atoms with Crippen LogP contribution in [0.3, 0.4) is 0 Å². The van der Waals surface area contributed by atoms with Crippen LogP contribution >= 0.6 is 0 Å². The van der Waals surface area contributed by atoms with Gasteiger partial charge in [-0.15, -0.1) is 0 Å². The zero-order valence-corrected chi connectivity index (χ0v) is 10.5. The smallest absolute Gasteiger partial charge is 0.0612 e. The van der Waals surface area contributed by atoms with Crippen LogP contribution in [0.4, 0.5) is 0 Å². The molecule has 1 saturated heterocycles. The fourth-order valence-electron chi connectivity index (χ4n) is 2.41. The molecule has 94 valence electrons. The van der Waals surface area contributed by atoms with E-state index in [9.17, 15) is 5.11 Å². The molecule has 16 heavy (non-hydrogen) atoms. The van der Waals surface area contributed by atoms with Crippen LogP contribution in [0.2, 0.25) is 0 Å². The van der Waals surface area contributed by atoms with E-state index in [0.717, 1.165) is 26.0 Å². The lowest BCUT2D eigenvalue weighted by Gasteiger charge is -2.33. The SMILES string of the molecule is CC(C)C1CC(NCC2(CO)CC2)CCO1. The molecule has 2 aliphatic rings. The van der Waals surface area contributed by atoms with Gasteiger partial charge in [-0.1, -0.05) is 13.8 Å². The van der Waals surface area contributed by atoms with Crippen LogP contribution in [0.1, 0.15) is 39.5 Å². The summed E-state index contributed by atoms with van der Waals surface area (Å²) in [6, 6.07) is 0.588. The van der Waals surface area contributed by atoms with Crippen molar-refractivity contribution >= 4 is 0 Å². The van der Waals surface area contributed by atoms with E-state index in [0.29, 0.717) is 24.7 Å². The van der Waals surface area contributed by atoms with Crippen molar-refractivity contribution in [3.8, 4) is 0 Å². The monoisotopic (exact) mass is 227 g/mol. The quantitative estimate of drug-likeness (QED) is 0.749. The van der Waals surface area contributed by atoms with E-state index in [1.54, 1.807) is 0 Å². The van der Waals surface area contributed by atoms with E-state index >= 15 is 0 Å². The van der Waals surface area contributed by atoms with Gasteiger partial charge < -0.3 is 15.2 Å². The summed E-state index contributed by atoms with van der Waals surface area (Å²) in [5.74, 6) is 0.609. The van der Waals surface area contributed by atoms with Gasteiger partial charge >= 0.3 is 0 Å². The van der Waals surface area contributed by atoms with Crippen molar-refractivity contribution in [3.63, 3.8) is 0 Å². The third kappa shape index (κ3) is 2.96. The van der Waals surface area contributed by atoms with Crippen LogP contribution in [-0.2, 0) is 4.74 Å². The second-order valence-electron chi connectivity index (χ2n) is 5.91. The van der Waals surface area contributed by atoms with Gasteiger partial charge in [0, 0.05) is 31.2 Å². The van der Waals surface area contributed by atoms with Crippen LogP contribution < -0.4 is 5.32 Å². The molecule has 1 heterocycles. The molecule has 2 atom stereocenters. The van der Waals surface area contributed by atoms with Gasteiger partial charge in [0.05, 0.1) is 6.10 Å². The number of aliphatic hydroxyl groups excluding tert-OH is 1. The molecule has 1 aliphatic carbocycles. The van der Waals surface area contributed by atoms with Crippen molar-refractivity contribution in [1.29, 1.82) is 0 Å². The molecule has 0 amide bonds. The second kappa shape index (κ2) is 5.03. The molecule has 0 aromatic rings. The van der Waals surface area contributed by atoms with Gasteiger partial charge in [0.2, 0.25) is 0 Å². The summed E-state index contributed by atoms with van der Waals surface area (Å²) in [6.45, 7) is 6.66. The molecule has 0 aromatic heterocycles. The minimum atomic E-state index is 0.228. The molecule has 3 heteroatoms. The summed E-state index contributed by atoms with van der Waals surface area (Å²) in [5, 5.41) is 12.9. The van der Waals surface area contributed by atoms with Crippen molar-refractivity contribution in [2.24, 2.45) is 11.3 Å². The Labute approximate surface area is 98.6 Å². The summed E-state index contributed by atoms with van der Waals surface area (Å²) in [7, 11) is 0. The fraction of sp³-hybridized carbons (Fsp3) is 1.00. The molecule has 0 aromatic carbocycles. The maximum Gasteiger partial charge on any atom is 0.0612 e. The first kappa shape index (κ1) is 12.3. The zero-order valence-electron chi connectivity index (χ0n) is 10.5. The molecule has 0 spiro atoms. The fourth-order valence-corrected chi connectivity index (χ4v) is 2.41. The molecule has 3 nitrogen and oxygen atoms in total. The largest absolute Gasteiger partial charge is 0.396 e. The van der Waals surface area contributed by atoms with Crippen LogP contribution in [0, 0.1) is 11.3 Å². The van der Waals surface area contributed by atoms with E-state index in [2.05, 4.69) is 19.2 Å². The normalized spacial score (nSPS) is 33.0. The van der Waals surface area contributed by atoms with E-state index in [1.165, 1.54) is 12.8 Å². The Balaban J connectivity index is 1.73. The summed E-state index contributed by atoms with van der Waals surface area (Å²) < 4.78 is 5.75. The maximum atomic E-state index is 9.26. The van der Waals surface area contributed by atoms with Crippen molar-refractivity contribution in [2.45, 2.75) is 51.7 Å². The predicted molar refractivity (Wildman–Crippen MR) is 64.4 cm³/mol. The van der Waals surface area contributed by atoms with E-state index < -0.39 is 0 Å². The van der Waals surface area contributed by atoms with Gasteiger partial charge in [-0.05, 0) is 31.6 Å². The number of nitrogens with one attached hydrogen (secondary N) is 1. The topological polar surface area (TPSA) is 41.5 Å². The van der Waals surface area contributed by atoms with Crippen molar-refractivity contribution in [2.75, 3.05) is 19.8 Å². The van der Waals surface area contributed by atoms with E-state index in [-0.39, 0.29) is 5.41 Å². The van der Waals surface area contributed by atoms with Gasteiger partial charge in [0.15, 0.2) is 0 Å². The highest BCUT2D eigenvalue weighted by Gasteiger charge is 2.42. The third-order valence-corrected chi connectivity index (χ3v) is 4.12. The van der Waals surface area contributed by atoms with Crippen molar-refractivity contribution in [3.05, 3.63) is 0 Å². The zero-order chi connectivity index (χ0) is 11.6. The highest BCUT2D eigenvalue weighted by atomic mass is 16.5. The third-order valence-electron chi connectivity index (χ3n) is 4.12. The molecule has 2 N–H and O–H groups in total. The first-order valence-electron chi connectivity index (χ1n) is 6.61. The molecule has 2 rings (SSSR count). The first-order valence-corrected chi connectivity index (χ1v) is 6.61. The number of aliphatic hydroxyl groups is 1. The van der Waals surface area contributed by atoms with Gasteiger partial charge in [-0.3, -0.25) is 0 Å². The maximum absolute atomic E-state index is 9.26. The van der Waals surface area contributed by atoms with Crippen LogP contribution in [-0.4, -0.2) is 37.0 Å². The van der Waals surface area contributed by atoms with Crippen LogP contribution in [0.5, 0.6) is 0 Å². The van der Waals surface area contributed by atoms with Crippen molar-refractivity contribution < 1.29 is 9.84 Å². The number of hydrogen-bond acceptors (Lipinski definition) is 3. The summed E-state index contributed by atoms with van der Waals surface area (Å²) >= 11 is 0. The van der Waals surface area contributed by atoms with E-state index in [1.807, 2.05) is 0 Å². The number of hydrogen-bond donors (Lipinski definition) is 2. The Kier molecular flexibility index (Phi) is 3.88. The summed E-state index contributed by atoms with van der Waals surface area (Å²) in [6.07, 6.45) is 5.03. The molecular formula is C13H25NO2. The Morgan fingerprint density at radius 3 is 2.75 bits per heavy atom. The Bertz CT molecular complexity index is 226. The molecule has 1 aliphatic heterocycles. The Hall–Kier alpha value is -0.120. The Morgan fingerprint density at radius 2 is 2.19 bits per heavy atom. The molecule has 2 unspecified atom stereocenters. The highest BCUT2D eigenvalue weighted by Crippen LogP contribution is 2.44. The lowest BCUT2D eigenvalue weighted by molar-refractivity contribution is -0.0252. The standard InChI is InChI=1S/C13H25NO2/c1-10(2)12-7-11(3-6-16-12)14-8-13(9-15)4-5-13/h10-12,14-15H,3-9H2,1-2H3. The number of rotatable bonds is 5. The van der Waals surface area contributed by atoms with Crippen LogP contribution in [0.15, 0.2) is 0 Å². The predicted octanol–water partition coefficient (Wildman–Crippen LogP) is 1.55. The van der Waals surface area contributed by atoms with Crippen LogP contribution in [0.25, 0.3) is 0 Å². The minimum absolute atomic E-state index is 0.228. The lowest BCUT2D eigenvalue weighted by Crippen LogP contribution is -2.43. The highest BCUT2D eigenvalue weighted by molar-refractivity contribution is 4.95. The van der Waals surface area contributed by atoms with Gasteiger partial charge in [0.1, 0.15) is 0 Å². The van der Waals surface area contributed by atoms with Crippen molar-refractivity contribution in [1.82, 2.24) is 5.32 Å². The minimum Gasteiger partial charge on any atom is -0.396 e. The molecule has 0 radical (unpaired) electrons. The molecule has 1 saturated carbocycles. The van der Waals surface area contributed by atoms with E-state index in [4.69, 9.17) is 4.74 Å². The molecule has 0 bridgehead atoms. The van der Waals surface area contributed by atoms with Gasteiger partial charge in [0.25, 0.3) is 0 Å². The Morgan fingerprint density at radius 1 is 1.44 bits per heavy atom. The molecule has 2 fully saturated rings. The lowest BCUT2D eigenvalue weighted by atomic mass is 9.95. The van der Waals surface area contributed by atoms with Gasteiger partial charge in [-0.25, -0.2) is 0 Å². The average Bonchev–Trinajstić information content (AvgIpc) is 3.07. The summed E-state index contributed by atoms with van der Waals surface area (Å²) in [5.41, 5.74) is 0.228. The first-order chi connectivity index (χ1) is 7.65. The molecular weight excluding hydrogens is 202 g/mol. The number of ether oxygens (including phenoxy) is 1. The summed E-state index contributed by atoms with van der Waals surface area (Å²) in [4.78, 5) is 0. The second-order valence-corrected chi connectivity index (χ2v) is 5.91. The average molecular weight is 227 g/mol.